The number of hydrogen-bond donors (Lipinski definition) is 2. The van der Waals surface area contributed by atoms with E-state index >= 15 is 0 Å². The SMILES string of the molecule is O=C1CCC(=O)N1C(c1cccc(C(c2cccc3sc(S)nc23)N2C(=O)CCC2=O)c1)c1cccc2sc(S)nc12. The summed E-state index contributed by atoms with van der Waals surface area (Å²) in [6.07, 6.45) is 0.544. The van der Waals surface area contributed by atoms with Crippen LogP contribution in [0.2, 0.25) is 0 Å². The maximum absolute atomic E-state index is 13.2. The van der Waals surface area contributed by atoms with E-state index < -0.39 is 12.1 Å². The second-order valence-electron chi connectivity index (χ2n) is 10.2. The third-order valence-electron chi connectivity index (χ3n) is 7.71. The fourth-order valence-corrected chi connectivity index (χ4v) is 8.23. The second kappa shape index (κ2) is 10.6. The molecule has 0 bridgehead atoms. The van der Waals surface area contributed by atoms with Crippen molar-refractivity contribution in [1.29, 1.82) is 0 Å². The van der Waals surface area contributed by atoms with Crippen LogP contribution >= 0.6 is 47.9 Å². The van der Waals surface area contributed by atoms with E-state index in [1.165, 1.54) is 32.5 Å². The fraction of sp³-hybridized carbons (Fsp3) is 0.200. The molecule has 4 amide bonds. The number of carbonyl (C=O) groups is 4. The van der Waals surface area contributed by atoms with Crippen molar-refractivity contribution in [2.45, 2.75) is 46.4 Å². The Morgan fingerprint density at radius 3 is 1.38 bits per heavy atom. The van der Waals surface area contributed by atoms with Crippen LogP contribution in [0, 0.1) is 0 Å². The zero-order chi connectivity index (χ0) is 29.1. The first-order valence-electron chi connectivity index (χ1n) is 13.3. The molecule has 2 unspecified atom stereocenters. The van der Waals surface area contributed by atoms with Crippen molar-refractivity contribution < 1.29 is 19.2 Å². The number of rotatable bonds is 6. The van der Waals surface area contributed by atoms with Gasteiger partial charge in [0.25, 0.3) is 0 Å². The summed E-state index contributed by atoms with van der Waals surface area (Å²) in [4.78, 5) is 64.5. The highest BCUT2D eigenvalue weighted by Crippen LogP contribution is 2.42. The summed E-state index contributed by atoms with van der Waals surface area (Å²) >= 11 is 11.7. The number of aromatic nitrogens is 2. The van der Waals surface area contributed by atoms with E-state index in [1.807, 2.05) is 60.7 Å². The molecule has 2 atom stereocenters. The number of hydrogen-bond acceptors (Lipinski definition) is 10. The van der Waals surface area contributed by atoms with Crippen molar-refractivity contribution in [3.8, 4) is 0 Å². The lowest BCUT2D eigenvalue weighted by atomic mass is 9.90. The third kappa shape index (κ3) is 4.53. The summed E-state index contributed by atoms with van der Waals surface area (Å²) < 4.78 is 2.94. The van der Waals surface area contributed by atoms with Gasteiger partial charge in [0.15, 0.2) is 0 Å². The van der Waals surface area contributed by atoms with Crippen LogP contribution in [0.1, 0.15) is 60.0 Å². The number of carbonyl (C=O) groups excluding carboxylic acids is 4. The summed E-state index contributed by atoms with van der Waals surface area (Å²) in [5.41, 5.74) is 4.09. The molecule has 7 rings (SSSR count). The molecule has 12 heteroatoms. The quantitative estimate of drug-likeness (QED) is 0.177. The molecule has 0 N–H and O–H groups in total. The van der Waals surface area contributed by atoms with Crippen molar-refractivity contribution in [3.05, 3.63) is 82.9 Å². The van der Waals surface area contributed by atoms with E-state index in [-0.39, 0.29) is 49.3 Å². The van der Waals surface area contributed by atoms with Gasteiger partial charge in [-0.25, -0.2) is 9.97 Å². The predicted molar refractivity (Wildman–Crippen MR) is 166 cm³/mol. The molecular weight excluding hydrogens is 609 g/mol. The van der Waals surface area contributed by atoms with Crippen LogP contribution < -0.4 is 0 Å². The monoisotopic (exact) mass is 630 g/mol. The molecule has 3 aromatic carbocycles. The van der Waals surface area contributed by atoms with Crippen molar-refractivity contribution in [3.63, 3.8) is 0 Å². The number of imide groups is 2. The van der Waals surface area contributed by atoms with Crippen LogP contribution in [0.4, 0.5) is 0 Å². The van der Waals surface area contributed by atoms with Crippen LogP contribution in [-0.4, -0.2) is 43.4 Å². The molecule has 0 aliphatic carbocycles. The third-order valence-corrected chi connectivity index (χ3v) is 10.1. The van der Waals surface area contributed by atoms with E-state index in [4.69, 9.17) is 0 Å². The molecule has 0 spiro atoms. The minimum Gasteiger partial charge on any atom is -0.274 e. The van der Waals surface area contributed by atoms with Gasteiger partial charge in [-0.1, -0.05) is 48.5 Å². The lowest BCUT2D eigenvalue weighted by molar-refractivity contribution is -0.141. The summed E-state index contributed by atoms with van der Waals surface area (Å²) in [6.45, 7) is 0. The summed E-state index contributed by atoms with van der Waals surface area (Å²) in [6, 6.07) is 17.3. The first-order chi connectivity index (χ1) is 20.3. The Kier molecular flexibility index (Phi) is 6.88. The number of amides is 4. The van der Waals surface area contributed by atoms with Gasteiger partial charge in [-0.3, -0.25) is 29.0 Å². The van der Waals surface area contributed by atoms with Gasteiger partial charge in [0, 0.05) is 36.8 Å². The lowest BCUT2D eigenvalue weighted by Crippen LogP contribution is -2.35. The molecule has 2 aliphatic rings. The highest BCUT2D eigenvalue weighted by Gasteiger charge is 2.40. The number of thiol groups is 2. The largest absolute Gasteiger partial charge is 0.274 e. The summed E-state index contributed by atoms with van der Waals surface area (Å²) in [5, 5.41) is 0. The van der Waals surface area contributed by atoms with Crippen LogP contribution in [0.5, 0.6) is 0 Å². The molecule has 2 saturated heterocycles. The number of nitrogens with zero attached hydrogens (tertiary/aromatic N) is 4. The maximum atomic E-state index is 13.2. The molecule has 2 aromatic heterocycles. The maximum Gasteiger partial charge on any atom is 0.230 e. The fourth-order valence-electron chi connectivity index (χ4n) is 5.96. The van der Waals surface area contributed by atoms with E-state index in [0.29, 0.717) is 42.0 Å². The minimum absolute atomic E-state index is 0.136. The van der Waals surface area contributed by atoms with Gasteiger partial charge in [0.2, 0.25) is 23.6 Å². The molecular formula is C30H22N4O4S4. The zero-order valence-electron chi connectivity index (χ0n) is 21.9. The van der Waals surface area contributed by atoms with Gasteiger partial charge >= 0.3 is 0 Å². The topological polar surface area (TPSA) is 101 Å². The molecule has 42 heavy (non-hydrogen) atoms. The number of benzene rings is 3. The molecule has 210 valence electrons. The molecule has 4 heterocycles. The number of likely N-dealkylation sites (tertiary alicyclic amines) is 2. The van der Waals surface area contributed by atoms with Crippen LogP contribution in [-0.2, 0) is 19.2 Å². The Bertz CT molecular complexity index is 1780. The Morgan fingerprint density at radius 2 is 0.976 bits per heavy atom. The summed E-state index contributed by atoms with van der Waals surface area (Å²) in [5.74, 6) is -1.04. The van der Waals surface area contributed by atoms with Gasteiger partial charge in [-0.2, -0.15) is 0 Å². The number of fused-ring (bicyclic) bond motifs is 2. The van der Waals surface area contributed by atoms with Gasteiger partial charge in [0.1, 0.15) is 8.68 Å². The number of thiazole rings is 2. The van der Waals surface area contributed by atoms with Crippen molar-refractivity contribution in [2.24, 2.45) is 0 Å². The Morgan fingerprint density at radius 1 is 0.595 bits per heavy atom. The normalized spacial score (nSPS) is 17.3. The molecule has 0 radical (unpaired) electrons. The highest BCUT2D eigenvalue weighted by molar-refractivity contribution is 7.83. The predicted octanol–water partition coefficient (Wildman–Crippen LogP) is 5.96. The smallest absolute Gasteiger partial charge is 0.230 e. The first kappa shape index (κ1) is 27.3. The van der Waals surface area contributed by atoms with E-state index in [1.54, 1.807) is 0 Å². The molecule has 8 nitrogen and oxygen atoms in total. The van der Waals surface area contributed by atoms with E-state index in [2.05, 4.69) is 35.2 Å². The average molecular weight is 631 g/mol. The Labute approximate surface area is 259 Å². The van der Waals surface area contributed by atoms with Crippen molar-refractivity contribution in [1.82, 2.24) is 19.8 Å². The molecule has 2 aliphatic heterocycles. The Hall–Kier alpha value is -3.58. The lowest BCUT2D eigenvalue weighted by Gasteiger charge is -2.30. The molecule has 2 fully saturated rings. The van der Waals surface area contributed by atoms with Gasteiger partial charge < -0.3 is 0 Å². The standard InChI is InChI=1S/C30H22N4O4S4/c35-21-10-11-22(36)33(21)27(17-6-2-8-19-25(17)31-29(39)41-19)15-4-1-5-16(14-15)28(34-23(37)12-13-24(34)38)18-7-3-9-20-26(18)32-30(40)42-20/h1-9,14,27-28H,10-13H2,(H,31,39)(H,32,40). The minimum atomic E-state index is -0.754. The number of para-hydroxylation sites is 2. The average Bonchev–Trinajstić information content (AvgIpc) is 3.72. The van der Waals surface area contributed by atoms with Crippen LogP contribution in [0.15, 0.2) is 69.3 Å². The van der Waals surface area contributed by atoms with Gasteiger partial charge in [-0.05, 0) is 23.3 Å². The van der Waals surface area contributed by atoms with Gasteiger partial charge in [-0.15, -0.1) is 47.9 Å². The van der Waals surface area contributed by atoms with Crippen molar-refractivity contribution in [2.75, 3.05) is 0 Å². The van der Waals surface area contributed by atoms with E-state index in [0.717, 1.165) is 9.40 Å². The van der Waals surface area contributed by atoms with E-state index in [9.17, 15) is 19.2 Å². The zero-order valence-corrected chi connectivity index (χ0v) is 25.3. The van der Waals surface area contributed by atoms with Crippen molar-refractivity contribution >= 4 is 92.0 Å². The van der Waals surface area contributed by atoms with Crippen LogP contribution in [0.25, 0.3) is 20.4 Å². The second-order valence-corrected chi connectivity index (χ2v) is 13.7. The Balaban J connectivity index is 1.45. The summed E-state index contributed by atoms with van der Waals surface area (Å²) in [7, 11) is 0. The van der Waals surface area contributed by atoms with Crippen LogP contribution in [0.3, 0.4) is 0 Å². The first-order valence-corrected chi connectivity index (χ1v) is 15.8. The molecule has 0 saturated carbocycles. The van der Waals surface area contributed by atoms with Gasteiger partial charge in [0.05, 0.1) is 32.5 Å². The molecule has 5 aromatic rings. The highest BCUT2D eigenvalue weighted by atomic mass is 32.2.